The quantitative estimate of drug-likeness (QED) is 0.606. The first-order chi connectivity index (χ1) is 15.8. The van der Waals surface area contributed by atoms with Crippen LogP contribution in [-0.4, -0.2) is 37.2 Å². The predicted molar refractivity (Wildman–Crippen MR) is 114 cm³/mol. The van der Waals surface area contributed by atoms with Crippen LogP contribution in [0.5, 0.6) is 5.75 Å². The molecule has 33 heavy (non-hydrogen) atoms. The first-order valence-corrected chi connectivity index (χ1v) is 10.6. The van der Waals surface area contributed by atoms with E-state index >= 15 is 0 Å². The van der Waals surface area contributed by atoms with E-state index in [1.54, 1.807) is 0 Å². The molecule has 2 aromatic rings. The lowest BCUT2D eigenvalue weighted by molar-refractivity contribution is -0.119. The van der Waals surface area contributed by atoms with Crippen LogP contribution < -0.4 is 20.7 Å². The standard InChI is InChI=1S/C22H20ClF2N3O5/c23-14-9-11(1-4-15(14)24)27-21(30)13-3-5-16(25)19-17(7-8-32-20(13)19)28-22(31)33-10-12-2-6-18(29)26-12/h1,3-5,9,12,17H,2,6-8,10H2,(H,26,29)(H,27,30)(H,28,31)/t12-,17+/m1/s1. The number of amides is 3. The molecule has 174 valence electrons. The van der Waals surface area contributed by atoms with E-state index in [1.165, 1.54) is 18.2 Å². The van der Waals surface area contributed by atoms with Crippen LogP contribution in [0.2, 0.25) is 5.02 Å². The Morgan fingerprint density at radius 2 is 1.97 bits per heavy atom. The van der Waals surface area contributed by atoms with E-state index in [-0.39, 0.29) is 59.2 Å². The van der Waals surface area contributed by atoms with E-state index in [1.807, 2.05) is 0 Å². The average molecular weight is 480 g/mol. The summed E-state index contributed by atoms with van der Waals surface area (Å²) < 4.78 is 38.8. The lowest BCUT2D eigenvalue weighted by Gasteiger charge is -2.28. The van der Waals surface area contributed by atoms with Crippen molar-refractivity contribution in [3.05, 3.63) is 58.1 Å². The summed E-state index contributed by atoms with van der Waals surface area (Å²) in [7, 11) is 0. The van der Waals surface area contributed by atoms with Gasteiger partial charge in [-0.25, -0.2) is 13.6 Å². The number of hydrogen-bond donors (Lipinski definition) is 3. The number of hydrogen-bond acceptors (Lipinski definition) is 5. The number of anilines is 1. The Kier molecular flexibility index (Phi) is 6.64. The molecule has 8 nitrogen and oxygen atoms in total. The van der Waals surface area contributed by atoms with Crippen LogP contribution in [0.15, 0.2) is 30.3 Å². The maximum Gasteiger partial charge on any atom is 0.407 e. The predicted octanol–water partition coefficient (Wildman–Crippen LogP) is 3.70. The number of benzene rings is 2. The maximum atomic E-state index is 14.7. The summed E-state index contributed by atoms with van der Waals surface area (Å²) in [6, 6.07) is 5.02. The zero-order valence-corrected chi connectivity index (χ0v) is 18.0. The molecule has 0 bridgehead atoms. The van der Waals surface area contributed by atoms with Crippen LogP contribution >= 0.6 is 11.6 Å². The summed E-state index contributed by atoms with van der Waals surface area (Å²) in [5, 5.41) is 7.69. The Balaban J connectivity index is 1.48. The monoisotopic (exact) mass is 479 g/mol. The van der Waals surface area contributed by atoms with Gasteiger partial charge in [0.2, 0.25) is 5.91 Å². The second-order valence-corrected chi connectivity index (χ2v) is 8.06. The molecule has 0 aromatic heterocycles. The number of carbonyl (C=O) groups excluding carboxylic acids is 3. The number of carbonyl (C=O) groups is 3. The van der Waals surface area contributed by atoms with E-state index in [4.69, 9.17) is 21.1 Å². The minimum atomic E-state index is -0.785. The molecule has 3 amide bonds. The van der Waals surface area contributed by atoms with Gasteiger partial charge >= 0.3 is 6.09 Å². The SMILES string of the molecule is O=C1CC[C@H](COC(=O)N[C@H]2CCOc3c(C(=O)Nc4ccc(F)c(Cl)c4)ccc(F)c32)N1. The van der Waals surface area contributed by atoms with Crippen molar-refractivity contribution in [1.82, 2.24) is 10.6 Å². The second-order valence-electron chi connectivity index (χ2n) is 7.66. The molecule has 0 radical (unpaired) electrons. The van der Waals surface area contributed by atoms with Crippen LogP contribution in [0, 0.1) is 11.6 Å². The van der Waals surface area contributed by atoms with Gasteiger partial charge in [0.05, 0.1) is 34.8 Å². The highest BCUT2D eigenvalue weighted by molar-refractivity contribution is 6.31. The lowest BCUT2D eigenvalue weighted by atomic mass is 9.96. The average Bonchev–Trinajstić information content (AvgIpc) is 3.20. The number of fused-ring (bicyclic) bond motifs is 1. The molecular formula is C22H20ClF2N3O5. The minimum Gasteiger partial charge on any atom is -0.492 e. The highest BCUT2D eigenvalue weighted by atomic mass is 35.5. The second kappa shape index (κ2) is 9.62. The van der Waals surface area contributed by atoms with Crippen molar-refractivity contribution in [2.75, 3.05) is 18.5 Å². The van der Waals surface area contributed by atoms with Crippen molar-refractivity contribution in [3.8, 4) is 5.75 Å². The number of nitrogens with one attached hydrogen (secondary N) is 3. The minimum absolute atomic E-state index is 0.000292. The molecule has 2 heterocycles. The normalized spacial score (nSPS) is 19.2. The summed E-state index contributed by atoms with van der Waals surface area (Å²) in [4.78, 5) is 36.3. The van der Waals surface area contributed by atoms with Gasteiger partial charge < -0.3 is 25.4 Å². The molecule has 11 heteroatoms. The number of ether oxygens (including phenoxy) is 2. The van der Waals surface area contributed by atoms with E-state index in [0.29, 0.717) is 12.8 Å². The van der Waals surface area contributed by atoms with Crippen molar-refractivity contribution in [2.45, 2.75) is 31.3 Å². The van der Waals surface area contributed by atoms with Gasteiger partial charge in [-0.2, -0.15) is 0 Å². The molecule has 2 aromatic carbocycles. The Hall–Kier alpha value is -3.40. The van der Waals surface area contributed by atoms with E-state index in [0.717, 1.165) is 12.1 Å². The summed E-state index contributed by atoms with van der Waals surface area (Å²) >= 11 is 5.75. The van der Waals surface area contributed by atoms with Gasteiger partial charge in [0, 0.05) is 18.5 Å². The third-order valence-electron chi connectivity index (χ3n) is 5.36. The van der Waals surface area contributed by atoms with Gasteiger partial charge in [0.1, 0.15) is 24.0 Å². The summed E-state index contributed by atoms with van der Waals surface area (Å²) in [5.74, 6) is -2.00. The fourth-order valence-corrected chi connectivity index (χ4v) is 3.92. The van der Waals surface area contributed by atoms with Crippen LogP contribution in [0.3, 0.4) is 0 Å². The van der Waals surface area contributed by atoms with Crippen molar-refractivity contribution in [2.24, 2.45) is 0 Å². The fourth-order valence-electron chi connectivity index (χ4n) is 3.74. The van der Waals surface area contributed by atoms with Gasteiger partial charge in [-0.05, 0) is 36.8 Å². The highest BCUT2D eigenvalue weighted by Gasteiger charge is 2.31. The Bertz CT molecular complexity index is 1110. The summed E-state index contributed by atoms with van der Waals surface area (Å²) in [6.45, 7) is 0.127. The number of rotatable bonds is 5. The molecule has 3 N–H and O–H groups in total. The largest absolute Gasteiger partial charge is 0.492 e. The van der Waals surface area contributed by atoms with Gasteiger partial charge in [-0.3, -0.25) is 9.59 Å². The van der Waals surface area contributed by atoms with Crippen LogP contribution in [0.1, 0.15) is 41.2 Å². The van der Waals surface area contributed by atoms with Crippen LogP contribution in [-0.2, 0) is 9.53 Å². The number of alkyl carbamates (subject to hydrolysis) is 1. The third kappa shape index (κ3) is 5.16. The fraction of sp³-hybridized carbons (Fsp3) is 0.318. The molecule has 2 atom stereocenters. The molecular weight excluding hydrogens is 460 g/mol. The zero-order chi connectivity index (χ0) is 23.5. The number of halogens is 3. The summed E-state index contributed by atoms with van der Waals surface area (Å²) in [6.07, 6.45) is 0.434. The van der Waals surface area contributed by atoms with Crippen LogP contribution in [0.25, 0.3) is 0 Å². The molecule has 1 saturated heterocycles. The van der Waals surface area contributed by atoms with E-state index in [9.17, 15) is 23.2 Å². The first-order valence-electron chi connectivity index (χ1n) is 10.3. The summed E-state index contributed by atoms with van der Waals surface area (Å²) in [5.41, 5.74) is 0.315. The van der Waals surface area contributed by atoms with Crippen molar-refractivity contribution in [1.29, 1.82) is 0 Å². The first kappa shape index (κ1) is 22.8. The Labute approximate surface area is 192 Å². The molecule has 2 aliphatic heterocycles. The molecule has 0 aliphatic carbocycles. The Morgan fingerprint density at radius 3 is 2.70 bits per heavy atom. The van der Waals surface area contributed by atoms with Gasteiger partial charge in [-0.15, -0.1) is 0 Å². The highest BCUT2D eigenvalue weighted by Crippen LogP contribution is 2.37. The Morgan fingerprint density at radius 1 is 1.18 bits per heavy atom. The molecule has 4 rings (SSSR count). The van der Waals surface area contributed by atoms with Crippen molar-refractivity contribution in [3.63, 3.8) is 0 Å². The molecule has 0 unspecified atom stereocenters. The molecule has 0 saturated carbocycles. The lowest BCUT2D eigenvalue weighted by Crippen LogP contribution is -2.37. The van der Waals surface area contributed by atoms with E-state index < -0.39 is 29.7 Å². The molecule has 1 fully saturated rings. The van der Waals surface area contributed by atoms with Crippen molar-refractivity contribution >= 4 is 35.2 Å². The van der Waals surface area contributed by atoms with E-state index in [2.05, 4.69) is 16.0 Å². The maximum absolute atomic E-state index is 14.7. The zero-order valence-electron chi connectivity index (χ0n) is 17.3. The topological polar surface area (TPSA) is 106 Å². The van der Waals surface area contributed by atoms with Crippen molar-refractivity contribution < 1.29 is 32.6 Å². The van der Waals surface area contributed by atoms with Crippen LogP contribution in [0.4, 0.5) is 19.3 Å². The molecule has 2 aliphatic rings. The smallest absolute Gasteiger partial charge is 0.407 e. The molecule has 0 spiro atoms. The van der Waals surface area contributed by atoms with Gasteiger partial charge in [-0.1, -0.05) is 11.6 Å². The van der Waals surface area contributed by atoms with Gasteiger partial charge in [0.15, 0.2) is 0 Å². The van der Waals surface area contributed by atoms with Gasteiger partial charge in [0.25, 0.3) is 5.91 Å². The third-order valence-corrected chi connectivity index (χ3v) is 5.65.